The minimum absolute atomic E-state index is 0.104. The van der Waals surface area contributed by atoms with E-state index in [-0.39, 0.29) is 16.3 Å². The van der Waals surface area contributed by atoms with Crippen molar-refractivity contribution in [3.63, 3.8) is 0 Å². The molecule has 3 nitrogen and oxygen atoms in total. The van der Waals surface area contributed by atoms with Gasteiger partial charge in [0.05, 0.1) is 38.2 Å². The maximum absolute atomic E-state index is 13.2. The van der Waals surface area contributed by atoms with Gasteiger partial charge in [0.15, 0.2) is 0 Å². The highest BCUT2D eigenvalue weighted by Crippen LogP contribution is 2.64. The highest BCUT2D eigenvalue weighted by molar-refractivity contribution is 6.24. The maximum atomic E-state index is 13.2. The molecule has 0 amide bonds. The Labute approximate surface area is 163 Å². The molecule has 2 saturated heterocycles. The van der Waals surface area contributed by atoms with Gasteiger partial charge in [-0.1, -0.05) is 0 Å². The number of nitrogens with zero attached hydrogens (tertiary/aromatic N) is 1. The van der Waals surface area contributed by atoms with Crippen LogP contribution < -0.4 is 0 Å². The zero-order chi connectivity index (χ0) is 18.0. The Morgan fingerprint density at radius 2 is 1.81 bits per heavy atom. The van der Waals surface area contributed by atoms with Crippen molar-refractivity contribution < 1.29 is 14.0 Å². The SMILES string of the molecule is C[N+]12CCCC[C@@H]1[C@H](COC(=O)C13C[C@@H]4C[C@H](CC(Cl)(C4)C1)C3)CCC2. The molecule has 1 unspecified atom stereocenters. The number of rotatable bonds is 3. The first-order valence-corrected chi connectivity index (χ1v) is 11.5. The second-order valence-corrected chi connectivity index (χ2v) is 11.7. The first kappa shape index (κ1) is 17.8. The average molecular weight is 381 g/mol. The van der Waals surface area contributed by atoms with E-state index >= 15 is 0 Å². The Morgan fingerprint density at radius 1 is 1.08 bits per heavy atom. The van der Waals surface area contributed by atoms with Gasteiger partial charge in [0.25, 0.3) is 0 Å². The van der Waals surface area contributed by atoms with Crippen molar-refractivity contribution in [2.24, 2.45) is 23.2 Å². The van der Waals surface area contributed by atoms with E-state index in [0.717, 1.165) is 32.1 Å². The molecule has 0 aromatic carbocycles. The summed E-state index contributed by atoms with van der Waals surface area (Å²) in [5, 5.41) is 0. The van der Waals surface area contributed by atoms with Crippen LogP contribution in [-0.4, -0.2) is 48.1 Å². The number of fused-ring (bicyclic) bond motifs is 1. The van der Waals surface area contributed by atoms with Crippen LogP contribution in [0.15, 0.2) is 0 Å². The fourth-order valence-electron chi connectivity index (χ4n) is 8.15. The van der Waals surface area contributed by atoms with Gasteiger partial charge >= 0.3 is 5.97 Å². The van der Waals surface area contributed by atoms with Crippen LogP contribution in [0.3, 0.4) is 0 Å². The van der Waals surface area contributed by atoms with E-state index in [1.807, 2.05) is 0 Å². The maximum Gasteiger partial charge on any atom is 0.312 e. The van der Waals surface area contributed by atoms with Crippen molar-refractivity contribution in [3.05, 3.63) is 0 Å². The molecule has 5 atom stereocenters. The third kappa shape index (κ3) is 2.83. The molecule has 0 aromatic rings. The lowest BCUT2D eigenvalue weighted by Crippen LogP contribution is -2.61. The van der Waals surface area contributed by atoms with Crippen molar-refractivity contribution >= 4 is 17.6 Å². The van der Waals surface area contributed by atoms with Gasteiger partial charge < -0.3 is 9.22 Å². The molecule has 0 spiro atoms. The molecule has 6 rings (SSSR count). The first-order chi connectivity index (χ1) is 12.4. The summed E-state index contributed by atoms with van der Waals surface area (Å²) < 4.78 is 7.32. The summed E-state index contributed by atoms with van der Waals surface area (Å²) >= 11 is 6.91. The van der Waals surface area contributed by atoms with Gasteiger partial charge in [-0.2, -0.15) is 0 Å². The molecule has 4 aliphatic carbocycles. The van der Waals surface area contributed by atoms with Crippen LogP contribution in [-0.2, 0) is 9.53 Å². The lowest BCUT2D eigenvalue weighted by molar-refractivity contribution is -0.947. The Morgan fingerprint density at radius 3 is 2.54 bits per heavy atom. The van der Waals surface area contributed by atoms with Crippen LogP contribution >= 0.6 is 11.6 Å². The van der Waals surface area contributed by atoms with Crippen LogP contribution in [0, 0.1) is 23.2 Å². The van der Waals surface area contributed by atoms with Crippen LogP contribution in [0.5, 0.6) is 0 Å². The number of hydrogen-bond donors (Lipinski definition) is 0. The number of ether oxygens (including phenoxy) is 1. The second kappa shape index (κ2) is 6.11. The third-order valence-electron chi connectivity index (χ3n) is 8.86. The fraction of sp³-hybridized carbons (Fsp3) is 0.955. The summed E-state index contributed by atoms with van der Waals surface area (Å²) in [7, 11) is 2.44. The van der Waals surface area contributed by atoms with Crippen molar-refractivity contribution in [1.29, 1.82) is 0 Å². The number of hydrogen-bond acceptors (Lipinski definition) is 2. The predicted octanol–water partition coefficient (Wildman–Crippen LogP) is 4.52. The van der Waals surface area contributed by atoms with Crippen molar-refractivity contribution in [2.75, 3.05) is 26.7 Å². The van der Waals surface area contributed by atoms with Crippen molar-refractivity contribution in [1.82, 2.24) is 0 Å². The molecular formula is C22H35ClNO2+. The molecule has 146 valence electrons. The molecule has 4 heteroatoms. The van der Waals surface area contributed by atoms with Crippen LogP contribution in [0.25, 0.3) is 0 Å². The lowest BCUT2D eigenvalue weighted by Gasteiger charge is -2.58. The Bertz CT molecular complexity index is 575. The normalized spacial score (nSPS) is 52.5. The third-order valence-corrected chi connectivity index (χ3v) is 9.30. The Balaban J connectivity index is 1.26. The quantitative estimate of drug-likeness (QED) is 0.409. The summed E-state index contributed by atoms with van der Waals surface area (Å²) in [6.07, 6.45) is 13.1. The molecule has 0 radical (unpaired) electrons. The molecule has 4 saturated carbocycles. The number of esters is 1. The monoisotopic (exact) mass is 380 g/mol. The van der Waals surface area contributed by atoms with Gasteiger partial charge in [0.2, 0.25) is 0 Å². The average Bonchev–Trinajstić information content (AvgIpc) is 2.56. The van der Waals surface area contributed by atoms with Gasteiger partial charge in [-0.15, -0.1) is 11.6 Å². The highest BCUT2D eigenvalue weighted by Gasteiger charge is 2.61. The van der Waals surface area contributed by atoms with Gasteiger partial charge in [-0.3, -0.25) is 4.79 Å². The van der Waals surface area contributed by atoms with Gasteiger partial charge in [-0.25, -0.2) is 0 Å². The summed E-state index contributed by atoms with van der Waals surface area (Å²) in [6, 6.07) is 0.709. The predicted molar refractivity (Wildman–Crippen MR) is 103 cm³/mol. The van der Waals surface area contributed by atoms with Gasteiger partial charge in [0.1, 0.15) is 0 Å². The van der Waals surface area contributed by atoms with Crippen LogP contribution in [0.4, 0.5) is 0 Å². The van der Waals surface area contributed by atoms with E-state index < -0.39 is 0 Å². The smallest absolute Gasteiger partial charge is 0.312 e. The summed E-state index contributed by atoms with van der Waals surface area (Å²) in [6.45, 7) is 3.29. The minimum atomic E-state index is -0.245. The number of piperidine rings is 2. The van der Waals surface area contributed by atoms with E-state index in [4.69, 9.17) is 16.3 Å². The Kier molecular flexibility index (Phi) is 4.18. The number of halogens is 1. The zero-order valence-electron chi connectivity index (χ0n) is 16.4. The topological polar surface area (TPSA) is 26.3 Å². The largest absolute Gasteiger partial charge is 0.465 e. The van der Waals surface area contributed by atoms with Crippen molar-refractivity contribution in [3.8, 4) is 0 Å². The standard InChI is InChI=1S/C22H35ClNO2/c1-24-7-3-2-6-19(24)18(5-4-8-24)14-26-20(25)21-10-16-9-17(11-21)13-22(23,12-16)15-21/h16-19H,2-15H2,1H3/q+1/t16-,17-,18-,19+,21?,22?,24?/m0/s1. The fourth-order valence-corrected chi connectivity index (χ4v) is 8.85. The van der Waals surface area contributed by atoms with Gasteiger partial charge in [0, 0.05) is 17.2 Å². The second-order valence-electron chi connectivity index (χ2n) is 10.9. The molecule has 0 aromatic heterocycles. The lowest BCUT2D eigenvalue weighted by atomic mass is 9.49. The van der Waals surface area contributed by atoms with Crippen LogP contribution in [0.2, 0.25) is 0 Å². The van der Waals surface area contributed by atoms with E-state index in [9.17, 15) is 4.79 Å². The number of alkyl halides is 1. The molecule has 4 bridgehead atoms. The summed E-state index contributed by atoms with van der Waals surface area (Å²) in [5.41, 5.74) is -0.245. The number of carbonyl (C=O) groups excluding carboxylic acids is 1. The van der Waals surface area contributed by atoms with Crippen molar-refractivity contribution in [2.45, 2.75) is 81.5 Å². The zero-order valence-corrected chi connectivity index (χ0v) is 17.1. The molecule has 2 heterocycles. The van der Waals surface area contributed by atoms with Gasteiger partial charge in [-0.05, 0) is 76.0 Å². The summed E-state index contributed by atoms with van der Waals surface area (Å²) in [5.74, 6) is 1.99. The molecule has 2 aliphatic heterocycles. The van der Waals surface area contributed by atoms with E-state index in [2.05, 4.69) is 7.05 Å². The molecular weight excluding hydrogens is 346 g/mol. The van der Waals surface area contributed by atoms with E-state index in [0.29, 0.717) is 30.4 Å². The minimum Gasteiger partial charge on any atom is -0.465 e. The van der Waals surface area contributed by atoms with Crippen LogP contribution in [0.1, 0.15) is 70.6 Å². The highest BCUT2D eigenvalue weighted by atomic mass is 35.5. The summed E-state index contributed by atoms with van der Waals surface area (Å²) in [4.78, 5) is 13.1. The number of quaternary nitrogens is 1. The van der Waals surface area contributed by atoms with E-state index in [1.165, 1.54) is 56.1 Å². The molecule has 6 aliphatic rings. The first-order valence-electron chi connectivity index (χ1n) is 11.1. The molecule has 6 fully saturated rings. The molecule has 26 heavy (non-hydrogen) atoms. The number of carbonyl (C=O) groups is 1. The molecule has 0 N–H and O–H groups in total. The van der Waals surface area contributed by atoms with E-state index in [1.54, 1.807) is 0 Å². The Hall–Kier alpha value is -0.280.